The van der Waals surface area contributed by atoms with Gasteiger partial charge in [-0.3, -0.25) is 9.20 Å². The molecule has 0 amide bonds. The van der Waals surface area contributed by atoms with Crippen LogP contribution in [0.1, 0.15) is 19.4 Å². The Hall–Kier alpha value is -1.81. The highest BCUT2D eigenvalue weighted by atomic mass is 127. The van der Waals surface area contributed by atoms with Gasteiger partial charge in [-0.15, -0.1) is 24.0 Å². The molecule has 0 aromatic heterocycles. The molecule has 0 aliphatic carbocycles. The molecule has 0 fully saturated rings. The molecule has 8 heteroatoms. The predicted octanol–water partition coefficient (Wildman–Crippen LogP) is 4.04. The molecule has 1 atom stereocenters. The summed E-state index contributed by atoms with van der Waals surface area (Å²) in [6.45, 7) is 5.70. The summed E-state index contributed by atoms with van der Waals surface area (Å²) < 4.78 is 23.2. The van der Waals surface area contributed by atoms with E-state index in [1.165, 1.54) is 0 Å². The van der Waals surface area contributed by atoms with Crippen LogP contribution in [-0.4, -0.2) is 42.7 Å². The number of anilines is 1. The van der Waals surface area contributed by atoms with E-state index < -0.39 is 10.8 Å². The van der Waals surface area contributed by atoms with Gasteiger partial charge in [0.2, 0.25) is 0 Å². The van der Waals surface area contributed by atoms with Crippen molar-refractivity contribution in [2.75, 3.05) is 37.9 Å². The van der Waals surface area contributed by atoms with E-state index in [-0.39, 0.29) is 24.0 Å². The number of hydrogen-bond donors (Lipinski definition) is 2. The Morgan fingerprint density at radius 3 is 2.52 bits per heavy atom. The average molecular weight is 531 g/mol. The highest BCUT2D eigenvalue weighted by molar-refractivity contribution is 14.0. The third kappa shape index (κ3) is 9.03. The maximum atomic E-state index is 12.3. The fraction of sp³-hybridized carbons (Fsp3) is 0.381. The van der Waals surface area contributed by atoms with Gasteiger partial charge in [0, 0.05) is 40.6 Å². The minimum atomic E-state index is -0.948. The molecule has 0 aliphatic rings. The molecule has 2 aromatic rings. The Bertz CT molecular complexity index is 788. The normalized spacial score (nSPS) is 11.9. The highest BCUT2D eigenvalue weighted by Gasteiger charge is 2.07. The first kappa shape index (κ1) is 25.2. The maximum Gasteiger partial charge on any atom is 0.195 e. The molecule has 0 aliphatic heterocycles. The summed E-state index contributed by atoms with van der Waals surface area (Å²) >= 11 is 0. The van der Waals surface area contributed by atoms with E-state index in [2.05, 4.69) is 15.6 Å². The van der Waals surface area contributed by atoms with Gasteiger partial charge in [0.25, 0.3) is 0 Å². The first-order valence-electron chi connectivity index (χ1n) is 9.41. The Morgan fingerprint density at radius 1 is 1.10 bits per heavy atom. The van der Waals surface area contributed by atoms with Crippen LogP contribution in [0.15, 0.2) is 53.5 Å². The van der Waals surface area contributed by atoms with Crippen molar-refractivity contribution in [1.82, 2.24) is 5.32 Å². The Labute approximate surface area is 193 Å². The Balaban J connectivity index is 0.00000420. The fourth-order valence-electron chi connectivity index (χ4n) is 2.56. The van der Waals surface area contributed by atoms with E-state index in [1.807, 2.05) is 62.4 Å². The zero-order valence-corrected chi connectivity index (χ0v) is 20.3. The van der Waals surface area contributed by atoms with Crippen molar-refractivity contribution in [2.45, 2.75) is 19.6 Å². The molecule has 0 saturated carbocycles. The monoisotopic (exact) mass is 531 g/mol. The summed E-state index contributed by atoms with van der Waals surface area (Å²) in [5, 5.41) is 6.46. The summed E-state index contributed by atoms with van der Waals surface area (Å²) in [5.41, 5.74) is 1.92. The first-order valence-corrected chi connectivity index (χ1v) is 10.9. The van der Waals surface area contributed by atoms with Gasteiger partial charge < -0.3 is 20.1 Å². The van der Waals surface area contributed by atoms with E-state index in [1.54, 1.807) is 7.11 Å². The van der Waals surface area contributed by atoms with Crippen molar-refractivity contribution in [1.29, 1.82) is 0 Å². The molecule has 0 saturated heterocycles. The standard InChI is InChI=1S/C21H29N3O3S.HI/c1-4-22-21(23-13-14-28(25)16-17-9-7-6-8-10-17)24-18-11-12-19(26-3)20(15-18)27-5-2;/h6-12,15H,4-5,13-14,16H2,1-3H3,(H2,22,23,24);1H. The number of guanidine groups is 1. The fourth-order valence-corrected chi connectivity index (χ4v) is 3.56. The largest absolute Gasteiger partial charge is 0.493 e. The molecule has 0 bridgehead atoms. The maximum absolute atomic E-state index is 12.3. The summed E-state index contributed by atoms with van der Waals surface area (Å²) in [4.78, 5) is 4.54. The lowest BCUT2D eigenvalue weighted by molar-refractivity contribution is 0.311. The minimum Gasteiger partial charge on any atom is -0.493 e. The van der Waals surface area contributed by atoms with Crippen LogP contribution in [0.2, 0.25) is 0 Å². The number of hydrogen-bond acceptors (Lipinski definition) is 4. The molecule has 160 valence electrons. The van der Waals surface area contributed by atoms with E-state index in [0.717, 1.165) is 17.8 Å². The summed E-state index contributed by atoms with van der Waals surface area (Å²) in [6, 6.07) is 15.5. The second-order valence-electron chi connectivity index (χ2n) is 5.96. The lowest BCUT2D eigenvalue weighted by Crippen LogP contribution is -2.31. The van der Waals surface area contributed by atoms with Crippen molar-refractivity contribution in [2.24, 2.45) is 4.99 Å². The minimum absolute atomic E-state index is 0. The van der Waals surface area contributed by atoms with Gasteiger partial charge in [0.15, 0.2) is 17.5 Å². The lowest BCUT2D eigenvalue weighted by Gasteiger charge is -2.14. The van der Waals surface area contributed by atoms with Crippen LogP contribution < -0.4 is 20.1 Å². The van der Waals surface area contributed by atoms with Gasteiger partial charge in [-0.05, 0) is 31.5 Å². The first-order chi connectivity index (χ1) is 13.7. The van der Waals surface area contributed by atoms with Crippen LogP contribution >= 0.6 is 24.0 Å². The number of benzene rings is 2. The number of halogens is 1. The van der Waals surface area contributed by atoms with Crippen molar-refractivity contribution in [3.05, 3.63) is 54.1 Å². The van der Waals surface area contributed by atoms with Crippen molar-refractivity contribution in [3.8, 4) is 11.5 Å². The smallest absolute Gasteiger partial charge is 0.195 e. The number of nitrogens with zero attached hydrogens (tertiary/aromatic N) is 1. The van der Waals surface area contributed by atoms with Crippen LogP contribution in [0, 0.1) is 0 Å². The van der Waals surface area contributed by atoms with Gasteiger partial charge in [0.05, 0.1) is 20.3 Å². The van der Waals surface area contributed by atoms with Crippen LogP contribution in [0.25, 0.3) is 0 Å². The molecular formula is C21H30IN3O3S. The molecule has 2 rings (SSSR count). The third-order valence-corrected chi connectivity index (χ3v) is 5.12. The third-order valence-electron chi connectivity index (χ3n) is 3.83. The van der Waals surface area contributed by atoms with Crippen molar-refractivity contribution in [3.63, 3.8) is 0 Å². The molecule has 0 spiro atoms. The lowest BCUT2D eigenvalue weighted by atomic mass is 10.2. The van der Waals surface area contributed by atoms with E-state index in [9.17, 15) is 4.21 Å². The summed E-state index contributed by atoms with van der Waals surface area (Å²) in [7, 11) is 0.669. The molecule has 29 heavy (non-hydrogen) atoms. The highest BCUT2D eigenvalue weighted by Crippen LogP contribution is 2.30. The van der Waals surface area contributed by atoms with Crippen molar-refractivity contribution >= 4 is 46.4 Å². The van der Waals surface area contributed by atoms with E-state index in [0.29, 0.717) is 42.1 Å². The predicted molar refractivity (Wildman–Crippen MR) is 132 cm³/mol. The van der Waals surface area contributed by atoms with E-state index >= 15 is 0 Å². The van der Waals surface area contributed by atoms with Gasteiger partial charge >= 0.3 is 0 Å². The topological polar surface area (TPSA) is 72.0 Å². The quantitative estimate of drug-likeness (QED) is 0.275. The molecular weight excluding hydrogens is 501 g/mol. The molecule has 2 aromatic carbocycles. The molecule has 0 heterocycles. The number of aliphatic imine (C=N–C) groups is 1. The van der Waals surface area contributed by atoms with Crippen LogP contribution in [0.4, 0.5) is 5.69 Å². The summed E-state index contributed by atoms with van der Waals surface area (Å²) in [6.07, 6.45) is 0. The molecule has 0 radical (unpaired) electrons. The van der Waals surface area contributed by atoms with Crippen LogP contribution in [0.3, 0.4) is 0 Å². The molecule has 1 unspecified atom stereocenters. The number of rotatable bonds is 10. The zero-order chi connectivity index (χ0) is 20.2. The Kier molecular flexibility index (Phi) is 12.4. The molecule has 6 nitrogen and oxygen atoms in total. The average Bonchev–Trinajstić information content (AvgIpc) is 2.69. The number of nitrogens with one attached hydrogen (secondary N) is 2. The van der Waals surface area contributed by atoms with E-state index in [4.69, 9.17) is 9.47 Å². The summed E-state index contributed by atoms with van der Waals surface area (Å²) in [5.74, 6) is 3.07. The van der Waals surface area contributed by atoms with Crippen LogP contribution in [0.5, 0.6) is 11.5 Å². The van der Waals surface area contributed by atoms with Gasteiger partial charge in [-0.25, -0.2) is 0 Å². The SMILES string of the molecule is CCNC(=NCCS(=O)Cc1ccccc1)Nc1ccc(OC)c(OCC)c1.I. The number of methoxy groups -OCH3 is 1. The second kappa shape index (κ2) is 14.2. The molecule has 2 N–H and O–H groups in total. The van der Waals surface area contributed by atoms with Gasteiger partial charge in [-0.2, -0.15) is 0 Å². The zero-order valence-electron chi connectivity index (χ0n) is 17.1. The number of ether oxygens (including phenoxy) is 2. The van der Waals surface area contributed by atoms with Gasteiger partial charge in [-0.1, -0.05) is 30.3 Å². The van der Waals surface area contributed by atoms with Crippen molar-refractivity contribution < 1.29 is 13.7 Å². The Morgan fingerprint density at radius 2 is 1.86 bits per heavy atom. The van der Waals surface area contributed by atoms with Crippen LogP contribution in [-0.2, 0) is 16.6 Å². The second-order valence-corrected chi connectivity index (χ2v) is 7.53. The van der Waals surface area contributed by atoms with Gasteiger partial charge in [0.1, 0.15) is 0 Å².